The number of rotatable bonds is 6. The largest absolute Gasteiger partial charge is 0.494 e. The molecule has 164 valence electrons. The SMILES string of the molecule is CCOc1cccc(-c2noc(CN3N=CN4NC(c5ccc(F)cc5)CC4C3=O)n2)c1. The lowest BCUT2D eigenvalue weighted by atomic mass is 10.0. The van der Waals surface area contributed by atoms with Crippen molar-refractivity contribution in [2.75, 3.05) is 6.61 Å². The molecule has 1 saturated heterocycles. The van der Waals surface area contributed by atoms with E-state index in [4.69, 9.17) is 9.26 Å². The van der Waals surface area contributed by atoms with Crippen molar-refractivity contribution >= 4 is 12.2 Å². The fourth-order valence-electron chi connectivity index (χ4n) is 3.82. The molecule has 2 aliphatic rings. The minimum absolute atomic E-state index is 0.0685. The highest BCUT2D eigenvalue weighted by atomic mass is 19.1. The zero-order chi connectivity index (χ0) is 22.1. The number of hydrazone groups is 1. The van der Waals surface area contributed by atoms with E-state index in [1.807, 2.05) is 31.2 Å². The highest BCUT2D eigenvalue weighted by molar-refractivity contribution is 5.87. The second-order valence-electron chi connectivity index (χ2n) is 7.49. The molecule has 2 aliphatic heterocycles. The number of hydrogen-bond acceptors (Lipinski definition) is 8. The molecule has 3 heterocycles. The third-order valence-corrected chi connectivity index (χ3v) is 5.38. The van der Waals surface area contributed by atoms with Crippen LogP contribution in [0, 0.1) is 5.82 Å². The first-order valence-corrected chi connectivity index (χ1v) is 10.3. The van der Waals surface area contributed by atoms with Crippen LogP contribution < -0.4 is 10.2 Å². The van der Waals surface area contributed by atoms with Gasteiger partial charge in [-0.2, -0.15) is 10.1 Å². The van der Waals surface area contributed by atoms with Gasteiger partial charge >= 0.3 is 0 Å². The van der Waals surface area contributed by atoms with Crippen LogP contribution in [0.25, 0.3) is 11.4 Å². The van der Waals surface area contributed by atoms with Gasteiger partial charge in [0.2, 0.25) is 11.7 Å². The van der Waals surface area contributed by atoms with E-state index in [2.05, 4.69) is 20.7 Å². The first-order chi connectivity index (χ1) is 15.6. The Bertz CT molecular complexity index is 1150. The summed E-state index contributed by atoms with van der Waals surface area (Å²) in [7, 11) is 0. The van der Waals surface area contributed by atoms with E-state index >= 15 is 0 Å². The van der Waals surface area contributed by atoms with Crippen LogP contribution >= 0.6 is 0 Å². The van der Waals surface area contributed by atoms with Crippen LogP contribution in [0.5, 0.6) is 5.75 Å². The van der Waals surface area contributed by atoms with Crippen molar-refractivity contribution in [3.05, 3.63) is 65.8 Å². The monoisotopic (exact) mass is 436 g/mol. The maximum atomic E-state index is 13.2. The molecule has 3 aromatic rings. The van der Waals surface area contributed by atoms with Gasteiger partial charge in [-0.05, 0) is 43.2 Å². The number of carbonyl (C=O) groups excluding carboxylic acids is 1. The zero-order valence-corrected chi connectivity index (χ0v) is 17.3. The van der Waals surface area contributed by atoms with Crippen LogP contribution in [0.4, 0.5) is 4.39 Å². The van der Waals surface area contributed by atoms with Crippen molar-refractivity contribution in [2.24, 2.45) is 5.10 Å². The lowest BCUT2D eigenvalue weighted by molar-refractivity contribution is -0.137. The van der Waals surface area contributed by atoms with E-state index in [1.54, 1.807) is 23.5 Å². The van der Waals surface area contributed by atoms with Crippen molar-refractivity contribution in [1.82, 2.24) is 25.6 Å². The second kappa shape index (κ2) is 8.39. The van der Waals surface area contributed by atoms with Crippen molar-refractivity contribution in [3.8, 4) is 17.1 Å². The number of fused-ring (bicyclic) bond motifs is 1. The first kappa shape index (κ1) is 20.1. The fourth-order valence-corrected chi connectivity index (χ4v) is 3.82. The van der Waals surface area contributed by atoms with Gasteiger partial charge in [-0.15, -0.1) is 0 Å². The smallest absolute Gasteiger partial charge is 0.267 e. The van der Waals surface area contributed by atoms with Gasteiger partial charge in [0, 0.05) is 5.56 Å². The predicted molar refractivity (Wildman–Crippen MR) is 112 cm³/mol. The Hall–Kier alpha value is -3.79. The van der Waals surface area contributed by atoms with Crippen molar-refractivity contribution in [3.63, 3.8) is 0 Å². The van der Waals surface area contributed by atoms with Crippen LogP contribution in [0.2, 0.25) is 0 Å². The Morgan fingerprint density at radius 1 is 1.25 bits per heavy atom. The number of halogens is 1. The summed E-state index contributed by atoms with van der Waals surface area (Å²) in [5, 5.41) is 11.3. The molecular formula is C22H21FN6O3. The minimum atomic E-state index is -0.423. The number of nitrogens with zero attached hydrogens (tertiary/aromatic N) is 5. The van der Waals surface area contributed by atoms with Crippen LogP contribution in [-0.2, 0) is 11.3 Å². The van der Waals surface area contributed by atoms with Gasteiger partial charge < -0.3 is 9.26 Å². The van der Waals surface area contributed by atoms with Gasteiger partial charge in [-0.25, -0.2) is 14.8 Å². The van der Waals surface area contributed by atoms with Gasteiger partial charge in [0.25, 0.3) is 5.91 Å². The van der Waals surface area contributed by atoms with Crippen LogP contribution in [-0.4, -0.2) is 45.1 Å². The standard InChI is InChI=1S/C22H21FN6O3/c1-2-31-17-5-3-4-15(10-17)21-25-20(32-27-21)12-28-22(30)19-11-18(26-29(19)13-24-28)14-6-8-16(23)9-7-14/h3-10,13,18-19,26H,2,11-12H2,1H3. The predicted octanol–water partition coefficient (Wildman–Crippen LogP) is 2.88. The topological polar surface area (TPSA) is 96.1 Å². The minimum Gasteiger partial charge on any atom is -0.494 e. The molecule has 10 heteroatoms. The molecule has 0 radical (unpaired) electrons. The molecule has 2 atom stereocenters. The summed E-state index contributed by atoms with van der Waals surface area (Å²) >= 11 is 0. The summed E-state index contributed by atoms with van der Waals surface area (Å²) in [5.41, 5.74) is 4.90. The number of nitrogens with one attached hydrogen (secondary N) is 1. The summed E-state index contributed by atoms with van der Waals surface area (Å²) in [5.74, 6) is 0.938. The number of benzene rings is 2. The summed E-state index contributed by atoms with van der Waals surface area (Å²) in [6.07, 6.45) is 2.10. The van der Waals surface area contributed by atoms with Crippen molar-refractivity contribution in [2.45, 2.75) is 32.0 Å². The Morgan fingerprint density at radius 3 is 2.91 bits per heavy atom. The molecule has 5 rings (SSSR count). The second-order valence-corrected chi connectivity index (χ2v) is 7.49. The molecule has 1 N–H and O–H groups in total. The third-order valence-electron chi connectivity index (χ3n) is 5.38. The van der Waals surface area contributed by atoms with Crippen molar-refractivity contribution < 1.29 is 18.4 Å². The number of hydrazine groups is 1. The molecule has 2 unspecified atom stereocenters. The van der Waals surface area contributed by atoms with E-state index < -0.39 is 6.04 Å². The van der Waals surface area contributed by atoms with Gasteiger partial charge in [0.1, 0.15) is 30.5 Å². The normalized spacial score (nSPS) is 20.0. The number of carbonyl (C=O) groups is 1. The number of amides is 1. The maximum absolute atomic E-state index is 13.2. The summed E-state index contributed by atoms with van der Waals surface area (Å²) < 4.78 is 24.1. The molecule has 0 aliphatic carbocycles. The van der Waals surface area contributed by atoms with E-state index in [-0.39, 0.29) is 30.2 Å². The quantitative estimate of drug-likeness (QED) is 0.635. The van der Waals surface area contributed by atoms with E-state index in [0.717, 1.165) is 16.9 Å². The average Bonchev–Trinajstić information content (AvgIpc) is 3.45. The Balaban J connectivity index is 1.27. The molecule has 1 amide bonds. The van der Waals surface area contributed by atoms with Crippen LogP contribution in [0.3, 0.4) is 0 Å². The van der Waals surface area contributed by atoms with Gasteiger partial charge in [0.05, 0.1) is 12.6 Å². The summed E-state index contributed by atoms with van der Waals surface area (Å²) in [6.45, 7) is 2.54. The highest BCUT2D eigenvalue weighted by Gasteiger charge is 2.41. The van der Waals surface area contributed by atoms with E-state index in [1.165, 1.54) is 17.1 Å². The fraction of sp³-hybridized carbons (Fsp3) is 0.273. The molecule has 9 nitrogen and oxygen atoms in total. The Labute approximate surface area is 183 Å². The summed E-state index contributed by atoms with van der Waals surface area (Å²) in [6, 6.07) is 13.1. The van der Waals surface area contributed by atoms with Gasteiger partial charge in [-0.1, -0.05) is 29.4 Å². The number of aromatic nitrogens is 2. The molecule has 1 aromatic heterocycles. The van der Waals surface area contributed by atoms with E-state index in [9.17, 15) is 9.18 Å². The summed E-state index contributed by atoms with van der Waals surface area (Å²) in [4.78, 5) is 17.4. The van der Waals surface area contributed by atoms with Crippen LogP contribution in [0.1, 0.15) is 30.8 Å². The number of ether oxygens (including phenoxy) is 1. The van der Waals surface area contributed by atoms with Gasteiger partial charge in [-0.3, -0.25) is 9.80 Å². The molecular weight excluding hydrogens is 415 g/mol. The Kier molecular flexibility index (Phi) is 5.28. The molecule has 2 aromatic carbocycles. The lowest BCUT2D eigenvalue weighted by Crippen LogP contribution is -2.50. The zero-order valence-electron chi connectivity index (χ0n) is 17.3. The molecule has 0 spiro atoms. The van der Waals surface area contributed by atoms with Crippen LogP contribution in [0.15, 0.2) is 58.2 Å². The third kappa shape index (κ3) is 3.92. The van der Waals surface area contributed by atoms with Crippen molar-refractivity contribution in [1.29, 1.82) is 0 Å². The maximum Gasteiger partial charge on any atom is 0.267 e. The Morgan fingerprint density at radius 2 is 2.09 bits per heavy atom. The lowest BCUT2D eigenvalue weighted by Gasteiger charge is -2.29. The average molecular weight is 436 g/mol. The van der Waals surface area contributed by atoms with E-state index in [0.29, 0.717) is 18.9 Å². The van der Waals surface area contributed by atoms with Gasteiger partial charge in [0.15, 0.2) is 0 Å². The molecule has 1 fully saturated rings. The molecule has 0 bridgehead atoms. The highest BCUT2D eigenvalue weighted by Crippen LogP contribution is 2.30. The molecule has 0 saturated carbocycles. The number of hydrogen-bond donors (Lipinski definition) is 1. The molecule has 32 heavy (non-hydrogen) atoms. The first-order valence-electron chi connectivity index (χ1n) is 10.3.